The predicted molar refractivity (Wildman–Crippen MR) is 103 cm³/mol. The first-order chi connectivity index (χ1) is 11.1. The topological polar surface area (TPSA) is 67.9 Å². The van der Waals surface area contributed by atoms with E-state index in [4.69, 9.17) is 9.47 Å². The van der Waals surface area contributed by atoms with Gasteiger partial charge in [-0.15, -0.1) is 11.4 Å². The van der Waals surface area contributed by atoms with Crippen LogP contribution in [0, 0.1) is 0 Å². The monoisotopic (exact) mass is 380 g/mol. The largest absolute Gasteiger partial charge is 0.462 e. The third kappa shape index (κ3) is 9.70. The molecule has 1 saturated heterocycles. The number of hydrogen-bond donors (Lipinski definition) is 1. The van der Waals surface area contributed by atoms with Gasteiger partial charge in [0, 0.05) is 32.8 Å². The molecule has 2 atom stereocenters. The SMILES string of the molecule is CC.CC(C)OC(=O)C1CP(SCCN(C)C(=O)OC(C)(C)C)N1. The molecule has 1 N–H and O–H groups in total. The van der Waals surface area contributed by atoms with Crippen LogP contribution in [0.25, 0.3) is 0 Å². The molecule has 1 aliphatic rings. The van der Waals surface area contributed by atoms with Crippen molar-refractivity contribution in [3.63, 3.8) is 0 Å². The Kier molecular flexibility index (Phi) is 10.9. The minimum atomic E-state index is -0.470. The summed E-state index contributed by atoms with van der Waals surface area (Å²) >= 11 is 1.76. The summed E-state index contributed by atoms with van der Waals surface area (Å²) in [4.78, 5) is 25.0. The fourth-order valence-electron chi connectivity index (χ4n) is 1.57. The smallest absolute Gasteiger partial charge is 0.410 e. The van der Waals surface area contributed by atoms with Gasteiger partial charge in [-0.25, -0.2) is 4.79 Å². The Hall–Kier alpha value is -0.520. The summed E-state index contributed by atoms with van der Waals surface area (Å²) in [5.41, 5.74) is -0.470. The summed E-state index contributed by atoms with van der Waals surface area (Å²) in [6.45, 7) is 13.9. The fourth-order valence-corrected chi connectivity index (χ4v) is 5.50. The van der Waals surface area contributed by atoms with Gasteiger partial charge in [-0.3, -0.25) is 9.88 Å². The molecular formula is C16H33N2O4PS. The second-order valence-corrected chi connectivity index (χ2v) is 10.6. The van der Waals surface area contributed by atoms with Crippen LogP contribution in [0.4, 0.5) is 4.79 Å². The van der Waals surface area contributed by atoms with Gasteiger partial charge < -0.3 is 14.4 Å². The molecule has 0 aliphatic carbocycles. The standard InChI is InChI=1S/C14H27N2O4PS.C2H6/c1-10(2)19-12(17)11-9-21(15-11)22-8-7-16(6)13(18)20-14(3,4)5;1-2/h10-11,15H,7-9H2,1-6H3;1-2H3. The van der Waals surface area contributed by atoms with Crippen molar-refractivity contribution in [1.82, 2.24) is 9.99 Å². The lowest BCUT2D eigenvalue weighted by Gasteiger charge is -2.35. The van der Waals surface area contributed by atoms with Crippen LogP contribution in [0.2, 0.25) is 0 Å². The molecular weight excluding hydrogens is 347 g/mol. The molecule has 1 rings (SSSR count). The average molecular weight is 380 g/mol. The lowest BCUT2D eigenvalue weighted by molar-refractivity contribution is -0.149. The van der Waals surface area contributed by atoms with Gasteiger partial charge in [0.15, 0.2) is 0 Å². The number of nitrogens with one attached hydrogen (secondary N) is 1. The van der Waals surface area contributed by atoms with E-state index in [1.807, 2.05) is 48.5 Å². The Morgan fingerprint density at radius 3 is 2.33 bits per heavy atom. The first-order valence-electron chi connectivity index (χ1n) is 8.39. The van der Waals surface area contributed by atoms with E-state index in [0.717, 1.165) is 11.9 Å². The molecule has 1 fully saturated rings. The lowest BCUT2D eigenvalue weighted by Crippen LogP contribution is -2.47. The number of amides is 1. The highest BCUT2D eigenvalue weighted by Crippen LogP contribution is 2.53. The maximum Gasteiger partial charge on any atom is 0.410 e. The zero-order valence-electron chi connectivity index (χ0n) is 16.2. The predicted octanol–water partition coefficient (Wildman–Crippen LogP) is 3.85. The summed E-state index contributed by atoms with van der Waals surface area (Å²) in [5, 5.41) is 3.24. The van der Waals surface area contributed by atoms with E-state index in [2.05, 4.69) is 5.09 Å². The van der Waals surface area contributed by atoms with Crippen LogP contribution in [-0.2, 0) is 14.3 Å². The average Bonchev–Trinajstić information content (AvgIpc) is 2.40. The number of carbonyl (C=O) groups excluding carboxylic acids is 2. The molecule has 1 amide bonds. The number of esters is 1. The molecule has 142 valence electrons. The van der Waals surface area contributed by atoms with Crippen LogP contribution in [0.1, 0.15) is 48.5 Å². The van der Waals surface area contributed by atoms with Crippen molar-refractivity contribution < 1.29 is 19.1 Å². The minimum Gasteiger partial charge on any atom is -0.462 e. The second-order valence-electron chi connectivity index (χ2n) is 6.46. The van der Waals surface area contributed by atoms with Gasteiger partial charge in [0.25, 0.3) is 0 Å². The van der Waals surface area contributed by atoms with E-state index in [1.54, 1.807) is 23.3 Å². The van der Waals surface area contributed by atoms with E-state index in [-0.39, 0.29) is 31.5 Å². The Bertz CT molecular complexity index is 396. The zero-order valence-corrected chi connectivity index (χ0v) is 17.9. The Labute approximate surface area is 152 Å². The molecule has 1 aliphatic heterocycles. The molecule has 0 saturated carbocycles. The van der Waals surface area contributed by atoms with Crippen molar-refractivity contribution in [2.24, 2.45) is 0 Å². The Morgan fingerprint density at radius 1 is 1.33 bits per heavy atom. The number of ether oxygens (including phenoxy) is 2. The van der Waals surface area contributed by atoms with E-state index >= 15 is 0 Å². The highest BCUT2D eigenvalue weighted by Gasteiger charge is 2.35. The fraction of sp³-hybridized carbons (Fsp3) is 0.875. The van der Waals surface area contributed by atoms with E-state index in [0.29, 0.717) is 6.54 Å². The van der Waals surface area contributed by atoms with Crippen LogP contribution in [0.15, 0.2) is 0 Å². The Morgan fingerprint density at radius 2 is 1.88 bits per heavy atom. The molecule has 0 aromatic carbocycles. The van der Waals surface area contributed by atoms with Crippen LogP contribution in [-0.4, -0.2) is 60.2 Å². The zero-order chi connectivity index (χ0) is 18.9. The summed E-state index contributed by atoms with van der Waals surface area (Å²) in [6.07, 6.45) is 0.457. The van der Waals surface area contributed by atoms with Crippen molar-refractivity contribution in [2.45, 2.75) is 66.2 Å². The van der Waals surface area contributed by atoms with Gasteiger partial charge >= 0.3 is 12.1 Å². The van der Waals surface area contributed by atoms with Crippen molar-refractivity contribution in [1.29, 1.82) is 0 Å². The maximum atomic E-state index is 11.8. The van der Waals surface area contributed by atoms with Gasteiger partial charge in [0.05, 0.1) is 6.10 Å². The summed E-state index contributed by atoms with van der Waals surface area (Å²) < 4.78 is 10.4. The minimum absolute atomic E-state index is 0.0729. The van der Waals surface area contributed by atoms with Crippen molar-refractivity contribution in [3.05, 3.63) is 0 Å². The molecule has 0 radical (unpaired) electrons. The quantitative estimate of drug-likeness (QED) is 0.558. The number of carbonyl (C=O) groups is 2. The van der Waals surface area contributed by atoms with Crippen molar-refractivity contribution >= 4 is 30.7 Å². The van der Waals surface area contributed by atoms with E-state index in [1.165, 1.54) is 0 Å². The molecule has 8 heteroatoms. The van der Waals surface area contributed by atoms with Crippen LogP contribution in [0.5, 0.6) is 0 Å². The molecule has 0 spiro atoms. The van der Waals surface area contributed by atoms with Crippen molar-refractivity contribution in [3.8, 4) is 0 Å². The van der Waals surface area contributed by atoms with Gasteiger partial charge in [-0.1, -0.05) is 13.8 Å². The van der Waals surface area contributed by atoms with Crippen LogP contribution in [0.3, 0.4) is 0 Å². The third-order valence-corrected chi connectivity index (χ3v) is 6.88. The first kappa shape index (κ1) is 23.5. The van der Waals surface area contributed by atoms with Gasteiger partial charge in [-0.05, 0) is 34.6 Å². The molecule has 2 unspecified atom stereocenters. The summed E-state index contributed by atoms with van der Waals surface area (Å²) in [7, 11) is 1.35. The van der Waals surface area contributed by atoms with E-state index < -0.39 is 5.60 Å². The Balaban J connectivity index is 0.00000254. The highest BCUT2D eigenvalue weighted by molar-refractivity contribution is 8.55. The van der Waals surface area contributed by atoms with Gasteiger partial charge in [0.1, 0.15) is 11.6 Å². The maximum absolute atomic E-state index is 11.8. The van der Waals surface area contributed by atoms with Gasteiger partial charge in [-0.2, -0.15) is 0 Å². The molecule has 1 heterocycles. The molecule has 0 aromatic rings. The van der Waals surface area contributed by atoms with Crippen LogP contribution < -0.4 is 5.09 Å². The number of hydrogen-bond acceptors (Lipinski definition) is 6. The van der Waals surface area contributed by atoms with Gasteiger partial charge in [0.2, 0.25) is 0 Å². The second kappa shape index (κ2) is 11.2. The normalized spacial score (nSPS) is 19.7. The number of rotatable bonds is 6. The van der Waals surface area contributed by atoms with E-state index in [9.17, 15) is 9.59 Å². The summed E-state index contributed by atoms with van der Waals surface area (Å²) in [5.74, 6) is 0.653. The first-order valence-corrected chi connectivity index (χ1v) is 11.5. The van der Waals surface area contributed by atoms with Crippen molar-refractivity contribution in [2.75, 3.05) is 25.5 Å². The molecule has 24 heavy (non-hydrogen) atoms. The third-order valence-electron chi connectivity index (χ3n) is 2.66. The molecule has 0 aromatic heterocycles. The highest BCUT2D eigenvalue weighted by atomic mass is 32.7. The van der Waals surface area contributed by atoms with Crippen LogP contribution >= 0.6 is 18.7 Å². The molecule has 6 nitrogen and oxygen atoms in total. The number of nitrogens with zero attached hydrogens (tertiary/aromatic N) is 1. The summed E-state index contributed by atoms with van der Waals surface area (Å²) in [6, 6.07) is -0.162. The molecule has 0 bridgehead atoms. The lowest BCUT2D eigenvalue weighted by atomic mass is 10.2.